The third kappa shape index (κ3) is 1.87. The molecule has 0 atom stereocenters. The molecule has 0 saturated heterocycles. The molecule has 0 heterocycles. The highest BCUT2D eigenvalue weighted by Crippen LogP contribution is 2.19. The summed E-state index contributed by atoms with van der Waals surface area (Å²) in [6.07, 6.45) is 0. The van der Waals surface area contributed by atoms with Crippen LogP contribution in [0.4, 0.5) is 8.78 Å². The Balaban J connectivity index is 3.04. The van der Waals surface area contributed by atoms with Gasteiger partial charge in [-0.25, -0.2) is 8.78 Å². The van der Waals surface area contributed by atoms with Gasteiger partial charge in [-0.2, -0.15) is 0 Å². The summed E-state index contributed by atoms with van der Waals surface area (Å²) in [5.74, 6) is -1.57. The van der Waals surface area contributed by atoms with Gasteiger partial charge in [-0.1, -0.05) is 30.3 Å². The summed E-state index contributed by atoms with van der Waals surface area (Å²) in [5, 5.41) is 0. The third-order valence-electron chi connectivity index (χ3n) is 1.33. The van der Waals surface area contributed by atoms with E-state index in [1.807, 2.05) is 0 Å². The summed E-state index contributed by atoms with van der Waals surface area (Å²) in [4.78, 5) is 0. The number of hydrogen-bond acceptors (Lipinski definition) is 0. The molecule has 0 spiro atoms. The molecule has 0 nitrogen and oxygen atoms in total. The van der Waals surface area contributed by atoms with Gasteiger partial charge in [0.2, 0.25) is 0 Å². The van der Waals surface area contributed by atoms with Crippen LogP contribution < -0.4 is 0 Å². The van der Waals surface area contributed by atoms with Crippen LogP contribution in [0, 0.1) is 0 Å². The summed E-state index contributed by atoms with van der Waals surface area (Å²) >= 11 is 0. The Kier molecular flexibility index (Phi) is 2.36. The van der Waals surface area contributed by atoms with Crippen molar-refractivity contribution < 1.29 is 8.78 Å². The van der Waals surface area contributed by atoms with Gasteiger partial charge in [0.25, 0.3) is 0 Å². The molecule has 1 rings (SSSR count). The molecule has 1 aromatic rings. The monoisotopic (exact) mass is 154 g/mol. The topological polar surface area (TPSA) is 0 Å². The first kappa shape index (κ1) is 7.92. The molecule has 0 aliphatic rings. The lowest BCUT2D eigenvalue weighted by Crippen LogP contribution is -1.77. The molecule has 0 bridgehead atoms. The fourth-order valence-corrected chi connectivity index (χ4v) is 0.783. The average molecular weight is 154 g/mol. The molecule has 58 valence electrons. The Hall–Kier alpha value is -1.18. The summed E-state index contributed by atoms with van der Waals surface area (Å²) in [7, 11) is 0. The lowest BCUT2D eigenvalue weighted by Gasteiger charge is -1.95. The van der Waals surface area contributed by atoms with Crippen LogP contribution in [-0.4, -0.2) is 0 Å². The van der Waals surface area contributed by atoms with Gasteiger partial charge in [-0.3, -0.25) is 0 Å². The quantitative estimate of drug-likeness (QED) is 0.582. The third-order valence-corrected chi connectivity index (χ3v) is 1.33. The minimum atomic E-state index is -0.786. The Morgan fingerprint density at radius 3 is 2.09 bits per heavy atom. The molecule has 0 aromatic heterocycles. The van der Waals surface area contributed by atoms with Crippen LogP contribution in [0.15, 0.2) is 36.2 Å². The first-order chi connectivity index (χ1) is 5.22. The fraction of sp³-hybridized carbons (Fsp3) is 0.111. The molecule has 0 radical (unpaired) electrons. The van der Waals surface area contributed by atoms with Gasteiger partial charge in [0.1, 0.15) is 5.83 Å². The second-order valence-corrected chi connectivity index (χ2v) is 2.21. The summed E-state index contributed by atoms with van der Waals surface area (Å²) < 4.78 is 25.0. The van der Waals surface area contributed by atoms with Crippen molar-refractivity contribution in [2.75, 3.05) is 0 Å². The van der Waals surface area contributed by atoms with E-state index in [9.17, 15) is 8.78 Å². The van der Waals surface area contributed by atoms with Gasteiger partial charge >= 0.3 is 0 Å². The second kappa shape index (κ2) is 3.28. The van der Waals surface area contributed by atoms with Crippen molar-refractivity contribution in [1.29, 1.82) is 0 Å². The zero-order valence-corrected chi connectivity index (χ0v) is 6.14. The smallest absolute Gasteiger partial charge is 0.161 e. The first-order valence-corrected chi connectivity index (χ1v) is 3.29. The number of rotatable bonds is 1. The highest BCUT2D eigenvalue weighted by molar-refractivity contribution is 5.60. The maximum Gasteiger partial charge on any atom is 0.161 e. The van der Waals surface area contributed by atoms with Crippen molar-refractivity contribution >= 4 is 5.83 Å². The fourth-order valence-electron chi connectivity index (χ4n) is 0.783. The predicted molar refractivity (Wildman–Crippen MR) is 41.3 cm³/mol. The van der Waals surface area contributed by atoms with E-state index < -0.39 is 11.7 Å². The van der Waals surface area contributed by atoms with E-state index in [0.29, 0.717) is 0 Å². The van der Waals surface area contributed by atoms with Gasteiger partial charge in [0.05, 0.1) is 0 Å². The van der Waals surface area contributed by atoms with Gasteiger partial charge in [0.15, 0.2) is 5.83 Å². The van der Waals surface area contributed by atoms with E-state index in [2.05, 4.69) is 0 Å². The lowest BCUT2D eigenvalue weighted by atomic mass is 10.2. The van der Waals surface area contributed by atoms with E-state index in [1.165, 1.54) is 12.1 Å². The standard InChI is InChI=1S/C9H8F2/c1-7(10)9(11)8-5-3-2-4-6-8/h2-6H,1H3. The molecule has 0 aliphatic carbocycles. The SMILES string of the molecule is CC(F)=C(F)c1ccccc1. The van der Waals surface area contributed by atoms with Crippen molar-refractivity contribution in [3.8, 4) is 0 Å². The highest BCUT2D eigenvalue weighted by atomic mass is 19.2. The zero-order valence-electron chi connectivity index (χ0n) is 6.14. The maximum absolute atomic E-state index is 12.8. The zero-order chi connectivity index (χ0) is 8.27. The van der Waals surface area contributed by atoms with Crippen molar-refractivity contribution in [1.82, 2.24) is 0 Å². The Labute approximate surface area is 64.2 Å². The molecule has 0 N–H and O–H groups in total. The molecular formula is C9H8F2. The molecule has 0 unspecified atom stereocenters. The average Bonchev–Trinajstić information content (AvgIpc) is 2.05. The Morgan fingerprint density at radius 2 is 1.64 bits per heavy atom. The first-order valence-electron chi connectivity index (χ1n) is 3.29. The molecular weight excluding hydrogens is 146 g/mol. The van der Waals surface area contributed by atoms with Crippen molar-refractivity contribution in [3.05, 3.63) is 41.7 Å². The molecule has 0 aliphatic heterocycles. The Morgan fingerprint density at radius 1 is 1.09 bits per heavy atom. The van der Waals surface area contributed by atoms with Crippen LogP contribution in [-0.2, 0) is 0 Å². The molecule has 0 saturated carbocycles. The van der Waals surface area contributed by atoms with Crippen LogP contribution in [0.3, 0.4) is 0 Å². The molecule has 11 heavy (non-hydrogen) atoms. The summed E-state index contributed by atoms with van der Waals surface area (Å²) in [5.41, 5.74) is 0.285. The van der Waals surface area contributed by atoms with Crippen molar-refractivity contribution in [3.63, 3.8) is 0 Å². The molecule has 0 amide bonds. The van der Waals surface area contributed by atoms with Crippen LogP contribution in [0.2, 0.25) is 0 Å². The lowest BCUT2D eigenvalue weighted by molar-refractivity contribution is 0.606. The van der Waals surface area contributed by atoms with Crippen molar-refractivity contribution in [2.24, 2.45) is 0 Å². The largest absolute Gasteiger partial charge is 0.209 e. The normalized spacial score (nSPS) is 12.6. The number of benzene rings is 1. The predicted octanol–water partition coefficient (Wildman–Crippen LogP) is 3.31. The molecule has 0 fully saturated rings. The van der Waals surface area contributed by atoms with E-state index in [-0.39, 0.29) is 5.56 Å². The summed E-state index contributed by atoms with van der Waals surface area (Å²) in [6.45, 7) is 1.10. The van der Waals surface area contributed by atoms with Gasteiger partial charge in [0, 0.05) is 5.56 Å². The van der Waals surface area contributed by atoms with Crippen LogP contribution >= 0.6 is 0 Å². The Bertz CT molecular complexity index is 258. The minimum Gasteiger partial charge on any atom is -0.209 e. The number of hydrogen-bond donors (Lipinski definition) is 0. The summed E-state index contributed by atoms with van der Waals surface area (Å²) in [6, 6.07) is 8.14. The highest BCUT2D eigenvalue weighted by Gasteiger charge is 2.02. The van der Waals surface area contributed by atoms with Crippen LogP contribution in [0.25, 0.3) is 5.83 Å². The van der Waals surface area contributed by atoms with E-state index in [4.69, 9.17) is 0 Å². The van der Waals surface area contributed by atoms with Crippen LogP contribution in [0.1, 0.15) is 12.5 Å². The van der Waals surface area contributed by atoms with Gasteiger partial charge < -0.3 is 0 Å². The van der Waals surface area contributed by atoms with E-state index >= 15 is 0 Å². The van der Waals surface area contributed by atoms with Crippen molar-refractivity contribution in [2.45, 2.75) is 6.92 Å². The molecule has 2 heteroatoms. The second-order valence-electron chi connectivity index (χ2n) is 2.21. The number of allylic oxidation sites excluding steroid dienone is 1. The van der Waals surface area contributed by atoms with Gasteiger partial charge in [-0.05, 0) is 6.92 Å². The minimum absolute atomic E-state index is 0.285. The van der Waals surface area contributed by atoms with E-state index in [0.717, 1.165) is 6.92 Å². The van der Waals surface area contributed by atoms with Crippen LogP contribution in [0.5, 0.6) is 0 Å². The van der Waals surface area contributed by atoms with Gasteiger partial charge in [-0.15, -0.1) is 0 Å². The maximum atomic E-state index is 12.8. The van der Waals surface area contributed by atoms with E-state index in [1.54, 1.807) is 18.2 Å². The molecule has 1 aromatic carbocycles. The number of halogens is 2.